The SMILES string of the molecule is CCNC(=NCC1CCN(S(C)(=O)=O)C1)NC1CCN(c2ccccc2OC)C1. The molecule has 8 nitrogen and oxygen atoms in total. The van der Waals surface area contributed by atoms with Gasteiger partial charge in [0.15, 0.2) is 5.96 Å². The van der Waals surface area contributed by atoms with E-state index in [4.69, 9.17) is 9.73 Å². The van der Waals surface area contributed by atoms with E-state index in [-0.39, 0.29) is 5.92 Å². The molecule has 2 heterocycles. The van der Waals surface area contributed by atoms with Gasteiger partial charge >= 0.3 is 0 Å². The first kappa shape index (κ1) is 21.7. The lowest BCUT2D eigenvalue weighted by Gasteiger charge is -2.22. The summed E-state index contributed by atoms with van der Waals surface area (Å²) in [6, 6.07) is 8.40. The molecule has 3 rings (SSSR count). The number of methoxy groups -OCH3 is 1. The smallest absolute Gasteiger partial charge is 0.211 e. The van der Waals surface area contributed by atoms with Crippen LogP contribution in [0.3, 0.4) is 0 Å². The predicted molar refractivity (Wildman–Crippen MR) is 117 cm³/mol. The molecule has 0 saturated carbocycles. The average Bonchev–Trinajstić information content (AvgIpc) is 3.35. The van der Waals surface area contributed by atoms with Gasteiger partial charge in [-0.2, -0.15) is 0 Å². The molecule has 1 aromatic carbocycles. The second kappa shape index (κ2) is 9.67. The summed E-state index contributed by atoms with van der Waals surface area (Å²) in [7, 11) is -1.40. The number of para-hydroxylation sites is 2. The number of sulfonamides is 1. The third kappa shape index (κ3) is 5.76. The van der Waals surface area contributed by atoms with Gasteiger partial charge in [0.25, 0.3) is 0 Å². The Bertz CT molecular complexity index is 814. The standard InChI is InChI=1S/C20H33N5O3S/c1-4-21-20(22-13-16-9-12-25(14-16)29(3,26)27)23-17-10-11-24(15-17)18-7-5-6-8-19(18)28-2/h5-8,16-17H,4,9-15H2,1-3H3,(H2,21,22,23). The molecule has 0 spiro atoms. The van der Waals surface area contributed by atoms with Crippen LogP contribution >= 0.6 is 0 Å². The van der Waals surface area contributed by atoms with Gasteiger partial charge in [-0.15, -0.1) is 0 Å². The zero-order valence-corrected chi connectivity index (χ0v) is 18.4. The Hall–Kier alpha value is -2.00. The minimum Gasteiger partial charge on any atom is -0.495 e. The first-order chi connectivity index (χ1) is 13.9. The predicted octanol–water partition coefficient (Wildman–Crippen LogP) is 1.11. The van der Waals surface area contributed by atoms with Gasteiger partial charge < -0.3 is 20.3 Å². The molecule has 0 aliphatic carbocycles. The molecular weight excluding hydrogens is 390 g/mol. The number of guanidine groups is 1. The zero-order valence-electron chi connectivity index (χ0n) is 17.6. The summed E-state index contributed by atoms with van der Waals surface area (Å²) in [5.41, 5.74) is 1.12. The van der Waals surface area contributed by atoms with Crippen molar-refractivity contribution in [2.24, 2.45) is 10.9 Å². The lowest BCUT2D eigenvalue weighted by molar-refractivity contribution is 0.415. The van der Waals surface area contributed by atoms with Crippen molar-refractivity contribution in [1.29, 1.82) is 0 Å². The minimum absolute atomic E-state index is 0.272. The molecule has 0 bridgehead atoms. The molecule has 162 valence electrons. The number of aliphatic imine (C=N–C) groups is 1. The fourth-order valence-corrected chi connectivity index (χ4v) is 4.89. The van der Waals surface area contributed by atoms with Crippen molar-refractivity contribution in [3.63, 3.8) is 0 Å². The molecule has 2 saturated heterocycles. The van der Waals surface area contributed by atoms with Crippen LogP contribution in [0, 0.1) is 5.92 Å². The van der Waals surface area contributed by atoms with Crippen LogP contribution < -0.4 is 20.3 Å². The quantitative estimate of drug-likeness (QED) is 0.505. The van der Waals surface area contributed by atoms with Gasteiger partial charge in [0.05, 0.1) is 19.1 Å². The number of anilines is 1. The fraction of sp³-hybridized carbons (Fsp3) is 0.650. The topological polar surface area (TPSA) is 86.3 Å². The van der Waals surface area contributed by atoms with Crippen LogP contribution in [0.1, 0.15) is 19.8 Å². The third-order valence-corrected chi connectivity index (χ3v) is 6.79. The Balaban J connectivity index is 1.56. The monoisotopic (exact) mass is 423 g/mol. The summed E-state index contributed by atoms with van der Waals surface area (Å²) in [6.07, 6.45) is 3.16. The van der Waals surface area contributed by atoms with E-state index in [1.165, 1.54) is 6.26 Å². The van der Waals surface area contributed by atoms with Crippen molar-refractivity contribution < 1.29 is 13.2 Å². The van der Waals surface area contributed by atoms with Gasteiger partial charge in [-0.1, -0.05) is 12.1 Å². The molecule has 0 amide bonds. The van der Waals surface area contributed by atoms with Crippen molar-refractivity contribution in [3.8, 4) is 5.75 Å². The number of nitrogens with one attached hydrogen (secondary N) is 2. The highest BCUT2D eigenvalue weighted by atomic mass is 32.2. The normalized spacial score (nSPS) is 23.4. The molecule has 2 aliphatic heterocycles. The molecule has 2 N–H and O–H groups in total. The van der Waals surface area contributed by atoms with Crippen LogP contribution in [0.5, 0.6) is 5.75 Å². The number of hydrogen-bond acceptors (Lipinski definition) is 5. The summed E-state index contributed by atoms with van der Waals surface area (Å²) in [5, 5.41) is 6.86. The number of hydrogen-bond donors (Lipinski definition) is 2. The van der Waals surface area contributed by atoms with E-state index in [0.29, 0.717) is 25.7 Å². The Morgan fingerprint density at radius 2 is 2.03 bits per heavy atom. The Morgan fingerprint density at radius 1 is 1.24 bits per heavy atom. The maximum absolute atomic E-state index is 11.7. The van der Waals surface area contributed by atoms with Crippen LogP contribution in [-0.2, 0) is 10.0 Å². The van der Waals surface area contributed by atoms with Gasteiger partial charge in [0, 0.05) is 45.3 Å². The van der Waals surface area contributed by atoms with E-state index in [2.05, 4.69) is 21.6 Å². The molecule has 2 unspecified atom stereocenters. The van der Waals surface area contributed by atoms with Crippen LogP contribution in [0.2, 0.25) is 0 Å². The molecule has 9 heteroatoms. The average molecular weight is 424 g/mol. The Labute approximate surface area is 174 Å². The summed E-state index contributed by atoms with van der Waals surface area (Å²) < 4.78 is 30.4. The molecule has 2 fully saturated rings. The van der Waals surface area contributed by atoms with E-state index in [1.807, 2.05) is 25.1 Å². The van der Waals surface area contributed by atoms with E-state index in [0.717, 1.165) is 49.9 Å². The highest BCUT2D eigenvalue weighted by Crippen LogP contribution is 2.30. The van der Waals surface area contributed by atoms with Crippen LogP contribution in [-0.4, -0.2) is 77.4 Å². The van der Waals surface area contributed by atoms with E-state index in [1.54, 1.807) is 11.4 Å². The molecule has 0 radical (unpaired) electrons. The number of rotatable bonds is 7. The summed E-state index contributed by atoms with van der Waals surface area (Å²) in [5.74, 6) is 1.97. The maximum atomic E-state index is 11.7. The van der Waals surface area contributed by atoms with Gasteiger partial charge in [0.2, 0.25) is 10.0 Å². The highest BCUT2D eigenvalue weighted by Gasteiger charge is 2.29. The third-order valence-electron chi connectivity index (χ3n) is 5.52. The minimum atomic E-state index is -3.10. The van der Waals surface area contributed by atoms with Crippen LogP contribution in [0.25, 0.3) is 0 Å². The first-order valence-electron chi connectivity index (χ1n) is 10.3. The summed E-state index contributed by atoms with van der Waals surface area (Å²) in [6.45, 7) is 6.47. The second-order valence-corrected chi connectivity index (χ2v) is 9.73. The molecule has 2 aliphatic rings. The number of ether oxygens (including phenoxy) is 1. The number of benzene rings is 1. The Kier molecular flexibility index (Phi) is 7.23. The zero-order chi connectivity index (χ0) is 20.9. The molecule has 1 aromatic rings. The lowest BCUT2D eigenvalue weighted by atomic mass is 10.1. The van der Waals surface area contributed by atoms with E-state index >= 15 is 0 Å². The van der Waals surface area contributed by atoms with Crippen molar-refractivity contribution >= 4 is 21.7 Å². The van der Waals surface area contributed by atoms with Crippen LogP contribution in [0.4, 0.5) is 5.69 Å². The second-order valence-electron chi connectivity index (χ2n) is 7.74. The fourth-order valence-electron chi connectivity index (χ4n) is 3.97. The molecule has 0 aromatic heterocycles. The maximum Gasteiger partial charge on any atom is 0.211 e. The van der Waals surface area contributed by atoms with Gasteiger partial charge in [0.1, 0.15) is 5.75 Å². The Morgan fingerprint density at radius 3 is 2.72 bits per heavy atom. The van der Waals surface area contributed by atoms with E-state index < -0.39 is 10.0 Å². The van der Waals surface area contributed by atoms with Crippen molar-refractivity contribution in [2.75, 3.05) is 57.5 Å². The number of nitrogens with zero attached hydrogens (tertiary/aromatic N) is 3. The molecule has 2 atom stereocenters. The van der Waals surface area contributed by atoms with Crippen LogP contribution in [0.15, 0.2) is 29.3 Å². The molecule has 29 heavy (non-hydrogen) atoms. The van der Waals surface area contributed by atoms with Crippen molar-refractivity contribution in [1.82, 2.24) is 14.9 Å². The molecular formula is C20H33N5O3S. The van der Waals surface area contributed by atoms with Gasteiger partial charge in [-0.05, 0) is 37.8 Å². The van der Waals surface area contributed by atoms with Crippen molar-refractivity contribution in [3.05, 3.63) is 24.3 Å². The van der Waals surface area contributed by atoms with Crippen molar-refractivity contribution in [2.45, 2.75) is 25.8 Å². The lowest BCUT2D eigenvalue weighted by Crippen LogP contribution is -2.45. The summed E-state index contributed by atoms with van der Waals surface area (Å²) >= 11 is 0. The highest BCUT2D eigenvalue weighted by molar-refractivity contribution is 7.88. The largest absolute Gasteiger partial charge is 0.495 e. The first-order valence-corrected chi connectivity index (χ1v) is 12.1. The summed E-state index contributed by atoms with van der Waals surface area (Å²) in [4.78, 5) is 7.07. The van der Waals surface area contributed by atoms with Gasteiger partial charge in [-0.25, -0.2) is 12.7 Å². The van der Waals surface area contributed by atoms with E-state index in [9.17, 15) is 8.42 Å². The van der Waals surface area contributed by atoms with Gasteiger partial charge in [-0.3, -0.25) is 4.99 Å².